The fourth-order valence-corrected chi connectivity index (χ4v) is 2.73. The van der Waals surface area contributed by atoms with Crippen molar-refractivity contribution < 1.29 is 9.18 Å². The average molecular weight is 350 g/mol. The van der Waals surface area contributed by atoms with E-state index in [1.165, 1.54) is 18.2 Å². The Morgan fingerprint density at radius 2 is 2.17 bits per heavy atom. The van der Waals surface area contributed by atoms with Gasteiger partial charge in [-0.15, -0.1) is 0 Å². The highest BCUT2D eigenvalue weighted by molar-refractivity contribution is 6.31. The predicted octanol–water partition coefficient (Wildman–Crippen LogP) is 4.29. The van der Waals surface area contributed by atoms with Crippen LogP contribution in [0.4, 0.5) is 10.1 Å². The van der Waals surface area contributed by atoms with Gasteiger partial charge in [0.1, 0.15) is 5.82 Å². The van der Waals surface area contributed by atoms with Crippen molar-refractivity contribution in [2.45, 2.75) is 25.8 Å². The molecule has 1 N–H and O–H groups in total. The molecule has 4 nitrogen and oxygen atoms in total. The predicted molar refractivity (Wildman–Crippen MR) is 94.6 cm³/mol. The number of carbonyl (C=O) groups is 1. The van der Waals surface area contributed by atoms with Crippen LogP contribution in [0.2, 0.25) is 5.02 Å². The van der Waals surface area contributed by atoms with E-state index in [1.807, 2.05) is 25.2 Å². The Hall–Kier alpha value is -1.98. The minimum absolute atomic E-state index is 0.00822. The molecule has 128 valence electrons. The highest BCUT2D eigenvalue weighted by Crippen LogP contribution is 2.21. The van der Waals surface area contributed by atoms with Crippen molar-refractivity contribution >= 4 is 23.2 Å². The van der Waals surface area contributed by atoms with Gasteiger partial charge in [0.05, 0.1) is 16.8 Å². The summed E-state index contributed by atoms with van der Waals surface area (Å²) < 4.78 is 13.1. The minimum atomic E-state index is -0.504. The van der Waals surface area contributed by atoms with E-state index in [2.05, 4.69) is 22.1 Å². The maximum absolute atomic E-state index is 13.1. The second kappa shape index (κ2) is 8.76. The zero-order chi connectivity index (χ0) is 17.5. The molecule has 0 aliphatic heterocycles. The van der Waals surface area contributed by atoms with Crippen LogP contribution < -0.4 is 5.32 Å². The monoisotopic (exact) mass is 349 g/mol. The second-order valence-corrected chi connectivity index (χ2v) is 5.99. The molecule has 0 unspecified atom stereocenters. The normalized spacial score (nSPS) is 12.2. The smallest absolute Gasteiger partial charge is 0.225 e. The van der Waals surface area contributed by atoms with Crippen molar-refractivity contribution in [2.24, 2.45) is 0 Å². The van der Waals surface area contributed by atoms with Gasteiger partial charge in [0.25, 0.3) is 0 Å². The van der Waals surface area contributed by atoms with Gasteiger partial charge in [-0.3, -0.25) is 14.7 Å². The fraction of sp³-hybridized carbons (Fsp3) is 0.333. The number of halogens is 2. The third-order valence-corrected chi connectivity index (χ3v) is 4.13. The first-order valence-corrected chi connectivity index (χ1v) is 8.25. The van der Waals surface area contributed by atoms with Crippen molar-refractivity contribution in [1.82, 2.24) is 9.88 Å². The number of nitrogens with zero attached hydrogens (tertiary/aromatic N) is 2. The molecule has 0 saturated heterocycles. The van der Waals surface area contributed by atoms with Crippen LogP contribution in [0.5, 0.6) is 0 Å². The molecule has 0 saturated carbocycles. The Morgan fingerprint density at radius 1 is 1.38 bits per heavy atom. The number of anilines is 1. The number of carbonyl (C=O) groups excluding carboxylic acids is 1. The fourth-order valence-electron chi connectivity index (χ4n) is 2.55. The van der Waals surface area contributed by atoms with Crippen LogP contribution in [0, 0.1) is 5.82 Å². The number of hydrogen-bond donors (Lipinski definition) is 1. The summed E-state index contributed by atoms with van der Waals surface area (Å²) in [5.74, 6) is -0.643. The van der Waals surface area contributed by atoms with E-state index >= 15 is 0 Å². The van der Waals surface area contributed by atoms with Gasteiger partial charge >= 0.3 is 0 Å². The van der Waals surface area contributed by atoms with Gasteiger partial charge in [-0.2, -0.15) is 0 Å². The van der Waals surface area contributed by atoms with Crippen molar-refractivity contribution in [3.8, 4) is 0 Å². The molecular formula is C18H21ClFN3O. The number of amides is 1. The first kappa shape index (κ1) is 18.4. The Kier molecular flexibility index (Phi) is 6.70. The van der Waals surface area contributed by atoms with Crippen LogP contribution >= 0.6 is 11.6 Å². The van der Waals surface area contributed by atoms with Gasteiger partial charge in [0.15, 0.2) is 0 Å². The van der Waals surface area contributed by atoms with Crippen LogP contribution in [0.25, 0.3) is 0 Å². The number of pyridine rings is 1. The lowest BCUT2D eigenvalue weighted by Gasteiger charge is -2.26. The second-order valence-electron chi connectivity index (χ2n) is 5.59. The zero-order valence-corrected chi connectivity index (χ0v) is 14.6. The molecule has 2 aromatic rings. The van der Waals surface area contributed by atoms with E-state index in [1.54, 1.807) is 6.20 Å². The Labute approximate surface area is 146 Å². The third kappa shape index (κ3) is 5.01. The van der Waals surface area contributed by atoms with Crippen molar-refractivity contribution in [1.29, 1.82) is 0 Å². The number of aromatic nitrogens is 1. The number of benzene rings is 1. The van der Waals surface area contributed by atoms with Crippen molar-refractivity contribution in [3.05, 3.63) is 59.1 Å². The van der Waals surface area contributed by atoms with Gasteiger partial charge in [-0.05, 0) is 43.8 Å². The van der Waals surface area contributed by atoms with Crippen molar-refractivity contribution in [3.63, 3.8) is 0 Å². The highest BCUT2D eigenvalue weighted by Gasteiger charge is 2.17. The lowest BCUT2D eigenvalue weighted by atomic mass is 10.1. The van der Waals surface area contributed by atoms with Gasteiger partial charge in [0.2, 0.25) is 5.91 Å². The molecule has 1 aromatic carbocycles. The summed E-state index contributed by atoms with van der Waals surface area (Å²) in [5, 5.41) is 2.72. The third-order valence-electron chi connectivity index (χ3n) is 3.84. The summed E-state index contributed by atoms with van der Waals surface area (Å²) in [7, 11) is 1.98. The van der Waals surface area contributed by atoms with E-state index in [0.717, 1.165) is 12.1 Å². The molecule has 6 heteroatoms. The topological polar surface area (TPSA) is 45.2 Å². The van der Waals surface area contributed by atoms with Gasteiger partial charge in [0, 0.05) is 24.8 Å². The molecule has 0 spiro atoms. The minimum Gasteiger partial charge on any atom is -0.326 e. The summed E-state index contributed by atoms with van der Waals surface area (Å²) in [6, 6.07) is 10.1. The first-order valence-electron chi connectivity index (χ1n) is 7.87. The zero-order valence-electron chi connectivity index (χ0n) is 13.8. The standard InChI is InChI=1S/C18H21ClFN3O/c1-3-17(16-6-4-5-10-21-16)23(2)11-9-18(24)22-13-7-8-15(20)14(19)12-13/h4-8,10,12,17H,3,9,11H2,1-2H3,(H,22,24)/t17-/m1/s1. The van der Waals surface area contributed by atoms with E-state index < -0.39 is 5.82 Å². The summed E-state index contributed by atoms with van der Waals surface area (Å²) in [6.07, 6.45) is 3.01. The van der Waals surface area contributed by atoms with Crippen LogP contribution in [-0.4, -0.2) is 29.4 Å². The summed E-state index contributed by atoms with van der Waals surface area (Å²) >= 11 is 5.71. The van der Waals surface area contributed by atoms with E-state index in [9.17, 15) is 9.18 Å². The molecule has 0 fully saturated rings. The molecule has 24 heavy (non-hydrogen) atoms. The number of nitrogens with one attached hydrogen (secondary N) is 1. The molecule has 1 aromatic heterocycles. The van der Waals surface area contributed by atoms with Crippen LogP contribution in [-0.2, 0) is 4.79 Å². The Morgan fingerprint density at radius 3 is 2.79 bits per heavy atom. The van der Waals surface area contributed by atoms with Gasteiger partial charge in [-0.25, -0.2) is 4.39 Å². The molecule has 0 bridgehead atoms. The maximum Gasteiger partial charge on any atom is 0.225 e. The molecule has 1 atom stereocenters. The van der Waals surface area contributed by atoms with Crippen molar-refractivity contribution in [2.75, 3.05) is 18.9 Å². The Bertz CT molecular complexity index is 681. The van der Waals surface area contributed by atoms with E-state index in [0.29, 0.717) is 18.7 Å². The van der Waals surface area contributed by atoms with Gasteiger partial charge in [-0.1, -0.05) is 24.6 Å². The number of rotatable bonds is 7. The van der Waals surface area contributed by atoms with Gasteiger partial charge < -0.3 is 5.32 Å². The molecule has 1 heterocycles. The summed E-state index contributed by atoms with van der Waals surface area (Å²) in [5.41, 5.74) is 1.49. The molecule has 0 aliphatic carbocycles. The lowest BCUT2D eigenvalue weighted by molar-refractivity contribution is -0.116. The average Bonchev–Trinajstić information content (AvgIpc) is 2.58. The molecule has 0 aliphatic rings. The molecule has 1 amide bonds. The highest BCUT2D eigenvalue weighted by atomic mass is 35.5. The molecular weight excluding hydrogens is 329 g/mol. The molecule has 0 radical (unpaired) electrons. The van der Waals surface area contributed by atoms with E-state index in [4.69, 9.17) is 11.6 Å². The van der Waals surface area contributed by atoms with Crippen LogP contribution in [0.1, 0.15) is 31.5 Å². The largest absolute Gasteiger partial charge is 0.326 e. The lowest BCUT2D eigenvalue weighted by Crippen LogP contribution is -2.28. The van der Waals surface area contributed by atoms with Crippen LogP contribution in [0.15, 0.2) is 42.6 Å². The molecule has 2 rings (SSSR count). The van der Waals surface area contributed by atoms with Crippen LogP contribution in [0.3, 0.4) is 0 Å². The SMILES string of the molecule is CC[C@H](c1ccccn1)N(C)CCC(=O)Nc1ccc(F)c(Cl)c1. The van der Waals surface area contributed by atoms with E-state index in [-0.39, 0.29) is 17.0 Å². The Balaban J connectivity index is 1.89. The number of hydrogen-bond acceptors (Lipinski definition) is 3. The maximum atomic E-state index is 13.1. The summed E-state index contributed by atoms with van der Waals surface area (Å²) in [4.78, 5) is 18.6. The quantitative estimate of drug-likeness (QED) is 0.811. The first-order chi connectivity index (χ1) is 11.5. The summed E-state index contributed by atoms with van der Waals surface area (Å²) in [6.45, 7) is 2.69.